The number of hydrogen-bond donors (Lipinski definition) is 1. The molecule has 6 nitrogen and oxygen atoms in total. The van der Waals surface area contributed by atoms with Gasteiger partial charge in [0.25, 0.3) is 5.91 Å². The maximum Gasteiger partial charge on any atom is 0.326 e. The molecule has 1 unspecified atom stereocenters. The van der Waals surface area contributed by atoms with E-state index in [4.69, 9.17) is 4.74 Å². The van der Waals surface area contributed by atoms with Crippen LogP contribution in [0.5, 0.6) is 0 Å². The van der Waals surface area contributed by atoms with Crippen LogP contribution in [0, 0.1) is 0 Å². The molecule has 3 amide bonds. The maximum absolute atomic E-state index is 12.8. The Bertz CT molecular complexity index is 452. The van der Waals surface area contributed by atoms with Crippen molar-refractivity contribution >= 4 is 11.9 Å². The lowest BCUT2D eigenvalue weighted by atomic mass is 9.94. The monoisotopic (exact) mass is 367 g/mol. The Kier molecular flexibility index (Phi) is 8.85. The molecule has 0 radical (unpaired) electrons. The molecule has 0 aliphatic carbocycles. The highest BCUT2D eigenvalue weighted by Gasteiger charge is 2.47. The summed E-state index contributed by atoms with van der Waals surface area (Å²) in [5.41, 5.74) is -0.732. The molecule has 0 saturated carbocycles. The zero-order valence-corrected chi connectivity index (χ0v) is 16.7. The molecule has 2 aliphatic heterocycles. The molecule has 1 N–H and O–H groups in total. The third-order valence-corrected chi connectivity index (χ3v) is 5.57. The van der Waals surface area contributed by atoms with Crippen LogP contribution < -0.4 is 5.32 Å². The van der Waals surface area contributed by atoms with Gasteiger partial charge in [0.2, 0.25) is 0 Å². The third kappa shape index (κ3) is 6.23. The smallest absolute Gasteiger partial charge is 0.326 e. The lowest BCUT2D eigenvalue weighted by Gasteiger charge is -2.29. The van der Waals surface area contributed by atoms with Crippen LogP contribution in [0.3, 0.4) is 0 Å². The summed E-state index contributed by atoms with van der Waals surface area (Å²) < 4.78 is 5.33. The van der Waals surface area contributed by atoms with E-state index in [1.165, 1.54) is 49.8 Å². The largest absolute Gasteiger partial charge is 0.379 e. The predicted octanol–water partition coefficient (Wildman–Crippen LogP) is 3.51. The van der Waals surface area contributed by atoms with Gasteiger partial charge in [-0.25, -0.2) is 9.69 Å². The van der Waals surface area contributed by atoms with E-state index in [2.05, 4.69) is 17.1 Å². The van der Waals surface area contributed by atoms with Gasteiger partial charge in [-0.3, -0.25) is 9.69 Å². The molecule has 150 valence electrons. The fraction of sp³-hybridized carbons (Fsp3) is 0.900. The second-order valence-electron chi connectivity index (χ2n) is 7.95. The van der Waals surface area contributed by atoms with Crippen molar-refractivity contribution in [2.24, 2.45) is 0 Å². The van der Waals surface area contributed by atoms with Crippen LogP contribution in [0.1, 0.15) is 78.1 Å². The van der Waals surface area contributed by atoms with Crippen LogP contribution in [0.15, 0.2) is 0 Å². The highest BCUT2D eigenvalue weighted by Crippen LogP contribution is 2.24. The second kappa shape index (κ2) is 10.9. The summed E-state index contributed by atoms with van der Waals surface area (Å²) in [5, 5.41) is 2.92. The first-order valence-electron chi connectivity index (χ1n) is 10.5. The van der Waals surface area contributed by atoms with Crippen LogP contribution in [0.2, 0.25) is 0 Å². The summed E-state index contributed by atoms with van der Waals surface area (Å²) in [6, 6.07) is -0.250. The highest BCUT2D eigenvalue weighted by atomic mass is 16.5. The number of nitrogens with one attached hydrogen (secondary N) is 1. The molecule has 6 heteroatoms. The van der Waals surface area contributed by atoms with Gasteiger partial charge < -0.3 is 10.1 Å². The number of amides is 3. The summed E-state index contributed by atoms with van der Waals surface area (Å²) >= 11 is 0. The van der Waals surface area contributed by atoms with Crippen LogP contribution in [-0.4, -0.2) is 60.2 Å². The Morgan fingerprint density at radius 1 is 0.962 bits per heavy atom. The molecule has 2 rings (SSSR count). The van der Waals surface area contributed by atoms with E-state index in [-0.39, 0.29) is 11.9 Å². The van der Waals surface area contributed by atoms with Crippen molar-refractivity contribution in [1.29, 1.82) is 0 Å². The average Bonchev–Trinajstić information content (AvgIpc) is 2.85. The van der Waals surface area contributed by atoms with E-state index in [1.54, 1.807) is 0 Å². The van der Waals surface area contributed by atoms with Crippen molar-refractivity contribution in [3.05, 3.63) is 0 Å². The predicted molar refractivity (Wildman–Crippen MR) is 103 cm³/mol. The third-order valence-electron chi connectivity index (χ3n) is 5.57. The van der Waals surface area contributed by atoms with Crippen LogP contribution in [0.4, 0.5) is 4.79 Å². The molecule has 0 aromatic heterocycles. The fourth-order valence-corrected chi connectivity index (χ4v) is 3.78. The second-order valence-corrected chi connectivity index (χ2v) is 7.95. The highest BCUT2D eigenvalue weighted by molar-refractivity contribution is 6.06. The van der Waals surface area contributed by atoms with Crippen molar-refractivity contribution in [3.63, 3.8) is 0 Å². The molecule has 0 aromatic carbocycles. The van der Waals surface area contributed by atoms with E-state index in [0.29, 0.717) is 19.9 Å². The van der Waals surface area contributed by atoms with E-state index >= 15 is 0 Å². The zero-order valence-electron chi connectivity index (χ0n) is 16.7. The minimum Gasteiger partial charge on any atom is -0.379 e. The van der Waals surface area contributed by atoms with E-state index in [0.717, 1.165) is 32.4 Å². The van der Waals surface area contributed by atoms with Gasteiger partial charge >= 0.3 is 6.03 Å². The summed E-state index contributed by atoms with van der Waals surface area (Å²) in [7, 11) is 0. The molecule has 0 bridgehead atoms. The first-order valence-corrected chi connectivity index (χ1v) is 10.5. The van der Waals surface area contributed by atoms with E-state index in [9.17, 15) is 9.59 Å². The van der Waals surface area contributed by atoms with Gasteiger partial charge in [0, 0.05) is 13.1 Å². The zero-order chi connectivity index (χ0) is 18.8. The van der Waals surface area contributed by atoms with E-state index < -0.39 is 5.54 Å². The van der Waals surface area contributed by atoms with Gasteiger partial charge in [-0.2, -0.15) is 0 Å². The molecule has 2 saturated heterocycles. The number of ether oxygens (including phenoxy) is 1. The number of rotatable bonds is 12. The van der Waals surface area contributed by atoms with Crippen LogP contribution >= 0.6 is 0 Å². The fourth-order valence-electron chi connectivity index (χ4n) is 3.78. The quantitative estimate of drug-likeness (QED) is 0.423. The number of hydrogen-bond acceptors (Lipinski definition) is 4. The topological polar surface area (TPSA) is 61.9 Å². The maximum atomic E-state index is 12.8. The van der Waals surface area contributed by atoms with Gasteiger partial charge in [-0.1, -0.05) is 64.7 Å². The Labute approximate surface area is 158 Å². The molecule has 26 heavy (non-hydrogen) atoms. The first-order chi connectivity index (χ1) is 12.6. The van der Waals surface area contributed by atoms with Crippen molar-refractivity contribution < 1.29 is 14.3 Å². The number of urea groups is 1. The number of carbonyl (C=O) groups is 2. The molecule has 1 atom stereocenters. The van der Waals surface area contributed by atoms with Crippen molar-refractivity contribution in [2.75, 3.05) is 33.0 Å². The molecule has 2 heterocycles. The lowest BCUT2D eigenvalue weighted by molar-refractivity contribution is -0.133. The number of morpholine rings is 1. The number of carbonyl (C=O) groups excluding carboxylic acids is 2. The number of imide groups is 1. The minimum absolute atomic E-state index is 0.0754. The van der Waals surface area contributed by atoms with Gasteiger partial charge in [0.15, 0.2) is 0 Å². The Balaban J connectivity index is 1.65. The van der Waals surface area contributed by atoms with Crippen molar-refractivity contribution in [2.45, 2.75) is 83.6 Å². The Hall–Kier alpha value is -1.14. The molecular formula is C20H37N3O3. The summed E-state index contributed by atoms with van der Waals surface area (Å²) in [5.74, 6) is -0.0754. The average molecular weight is 368 g/mol. The summed E-state index contributed by atoms with van der Waals surface area (Å²) in [4.78, 5) is 28.5. The first kappa shape index (κ1) is 21.2. The molecular weight excluding hydrogens is 330 g/mol. The normalized spacial score (nSPS) is 24.3. The van der Waals surface area contributed by atoms with Gasteiger partial charge in [-0.05, 0) is 13.3 Å². The summed E-state index contributed by atoms with van der Waals surface area (Å²) in [6.45, 7) is 7.36. The van der Waals surface area contributed by atoms with Gasteiger partial charge in [0.1, 0.15) is 5.54 Å². The standard InChI is InChI=1S/C20H37N3O3/c1-3-4-5-6-7-8-9-10-11-12-20(2)18(24)23(19(25)21-20)17-22-13-15-26-16-14-22/h3-17H2,1-2H3,(H,21,25). The minimum atomic E-state index is -0.732. The van der Waals surface area contributed by atoms with E-state index in [1.807, 2.05) is 6.92 Å². The Morgan fingerprint density at radius 2 is 1.54 bits per heavy atom. The molecule has 2 fully saturated rings. The van der Waals surface area contributed by atoms with Gasteiger partial charge in [-0.15, -0.1) is 0 Å². The Morgan fingerprint density at radius 3 is 2.15 bits per heavy atom. The van der Waals surface area contributed by atoms with Crippen LogP contribution in [-0.2, 0) is 9.53 Å². The molecule has 0 aromatic rings. The van der Waals surface area contributed by atoms with Crippen LogP contribution in [0.25, 0.3) is 0 Å². The molecule has 0 spiro atoms. The lowest BCUT2D eigenvalue weighted by Crippen LogP contribution is -2.48. The van der Waals surface area contributed by atoms with Gasteiger partial charge in [0.05, 0.1) is 19.9 Å². The number of unbranched alkanes of at least 4 members (excludes halogenated alkanes) is 8. The number of nitrogens with zero attached hydrogens (tertiary/aromatic N) is 2. The SMILES string of the molecule is CCCCCCCCCCCC1(C)NC(=O)N(CN2CCOCC2)C1=O. The van der Waals surface area contributed by atoms with Crippen molar-refractivity contribution in [3.8, 4) is 0 Å². The summed E-state index contributed by atoms with van der Waals surface area (Å²) in [6.07, 6.45) is 12.0. The molecule has 2 aliphatic rings. The van der Waals surface area contributed by atoms with Crippen molar-refractivity contribution in [1.82, 2.24) is 15.1 Å².